The first kappa shape index (κ1) is 12.2. The number of hydrogen-bond donors (Lipinski definition) is 0. The van der Waals surface area contributed by atoms with Crippen LogP contribution in [0.4, 0.5) is 0 Å². The van der Waals surface area contributed by atoms with Crippen LogP contribution >= 0.6 is 0 Å². The van der Waals surface area contributed by atoms with Crippen LogP contribution < -0.4 is 0 Å². The molecule has 0 amide bonds. The van der Waals surface area contributed by atoms with E-state index in [2.05, 4.69) is 67.1 Å². The molecule has 2 aromatic carbocycles. The van der Waals surface area contributed by atoms with E-state index in [-0.39, 0.29) is 0 Å². The maximum absolute atomic E-state index is 4.34. The molecule has 1 heterocycles. The van der Waals surface area contributed by atoms with Crippen molar-refractivity contribution in [2.75, 3.05) is 20.1 Å². The number of fused-ring (bicyclic) bond motifs is 1. The quantitative estimate of drug-likeness (QED) is 0.774. The summed E-state index contributed by atoms with van der Waals surface area (Å²) in [5, 5.41) is 2.59. The highest BCUT2D eigenvalue weighted by molar-refractivity contribution is 5.96. The molecule has 96 valence electrons. The molecule has 1 heteroatoms. The van der Waals surface area contributed by atoms with Crippen molar-refractivity contribution in [2.24, 2.45) is 0 Å². The van der Waals surface area contributed by atoms with Gasteiger partial charge in [0.25, 0.3) is 0 Å². The normalized spacial score (nSPS) is 16.4. The van der Waals surface area contributed by atoms with Crippen LogP contribution in [0.15, 0.2) is 60.7 Å². The van der Waals surface area contributed by atoms with Crippen molar-refractivity contribution >= 4 is 16.3 Å². The van der Waals surface area contributed by atoms with Gasteiger partial charge in [-0.3, -0.25) is 0 Å². The van der Waals surface area contributed by atoms with E-state index >= 15 is 0 Å². The number of likely N-dealkylation sites (N-methyl/N-ethyl adjacent to an activating group) is 1. The molecular weight excluding hydrogens is 230 g/mol. The molecule has 0 saturated carbocycles. The summed E-state index contributed by atoms with van der Waals surface area (Å²) >= 11 is 0. The van der Waals surface area contributed by atoms with E-state index in [0.29, 0.717) is 0 Å². The second kappa shape index (κ2) is 5.02. The summed E-state index contributed by atoms with van der Waals surface area (Å²) in [6.45, 7) is 6.48. The highest BCUT2D eigenvalue weighted by Crippen LogP contribution is 2.31. The second-order valence-electron chi connectivity index (χ2n) is 5.25. The smallest absolute Gasteiger partial charge is 0.0166 e. The highest BCUT2D eigenvalue weighted by atomic mass is 15.1. The van der Waals surface area contributed by atoms with E-state index in [0.717, 1.165) is 19.5 Å². The van der Waals surface area contributed by atoms with Gasteiger partial charge in [-0.1, -0.05) is 55.1 Å². The molecule has 1 nitrogen and oxygen atoms in total. The molecule has 0 atom stereocenters. The van der Waals surface area contributed by atoms with Gasteiger partial charge < -0.3 is 4.90 Å². The summed E-state index contributed by atoms with van der Waals surface area (Å²) in [4.78, 5) is 2.33. The van der Waals surface area contributed by atoms with Gasteiger partial charge in [-0.25, -0.2) is 0 Å². The Morgan fingerprint density at radius 1 is 1.11 bits per heavy atom. The predicted molar refractivity (Wildman–Crippen MR) is 83.2 cm³/mol. The Kier molecular flexibility index (Phi) is 3.22. The summed E-state index contributed by atoms with van der Waals surface area (Å²) in [7, 11) is 2.16. The Labute approximate surface area is 114 Å². The van der Waals surface area contributed by atoms with Crippen molar-refractivity contribution < 1.29 is 0 Å². The van der Waals surface area contributed by atoms with Crippen LogP contribution in [-0.2, 0) is 0 Å². The maximum atomic E-state index is 4.34. The second-order valence-corrected chi connectivity index (χ2v) is 5.25. The fraction of sp³-hybridized carbons (Fsp3) is 0.222. The topological polar surface area (TPSA) is 3.24 Å². The van der Waals surface area contributed by atoms with Gasteiger partial charge in [0.1, 0.15) is 0 Å². The highest BCUT2D eigenvalue weighted by Gasteiger charge is 2.13. The standard InChI is InChI=1S/C18H19N/c1-14(15-10-12-19(2)13-11-15)17-9-5-7-16-6-3-4-8-18(16)17/h3-10H,1,11-13H2,2H3. The fourth-order valence-electron chi connectivity index (χ4n) is 2.71. The Hall–Kier alpha value is -1.86. The minimum absolute atomic E-state index is 1.03. The first-order valence-electron chi connectivity index (χ1n) is 6.81. The van der Waals surface area contributed by atoms with Gasteiger partial charge in [-0.15, -0.1) is 0 Å². The third kappa shape index (κ3) is 2.34. The first-order chi connectivity index (χ1) is 9.25. The summed E-state index contributed by atoms with van der Waals surface area (Å²) in [5.41, 5.74) is 3.85. The molecule has 2 aromatic rings. The summed E-state index contributed by atoms with van der Waals surface area (Å²) in [6.07, 6.45) is 3.41. The summed E-state index contributed by atoms with van der Waals surface area (Å²) in [5.74, 6) is 0. The van der Waals surface area contributed by atoms with Crippen molar-refractivity contribution in [1.82, 2.24) is 4.90 Å². The molecule has 1 aliphatic rings. The number of benzene rings is 2. The van der Waals surface area contributed by atoms with Gasteiger partial charge in [0.15, 0.2) is 0 Å². The average molecular weight is 249 g/mol. The number of hydrogen-bond acceptors (Lipinski definition) is 1. The Bertz CT molecular complexity index is 646. The van der Waals surface area contributed by atoms with E-state index in [1.165, 1.54) is 27.5 Å². The molecule has 1 aliphatic heterocycles. The van der Waals surface area contributed by atoms with E-state index < -0.39 is 0 Å². The van der Waals surface area contributed by atoms with Gasteiger partial charge in [0.05, 0.1) is 0 Å². The zero-order valence-electron chi connectivity index (χ0n) is 11.4. The molecule has 0 unspecified atom stereocenters. The molecule has 3 rings (SSSR count). The lowest BCUT2D eigenvalue weighted by Gasteiger charge is -2.23. The van der Waals surface area contributed by atoms with E-state index in [1.807, 2.05) is 0 Å². The zero-order chi connectivity index (χ0) is 13.2. The van der Waals surface area contributed by atoms with E-state index in [4.69, 9.17) is 0 Å². The van der Waals surface area contributed by atoms with Crippen LogP contribution in [0, 0.1) is 0 Å². The van der Waals surface area contributed by atoms with Crippen LogP contribution in [0.1, 0.15) is 12.0 Å². The lowest BCUT2D eigenvalue weighted by Crippen LogP contribution is -2.24. The minimum atomic E-state index is 1.03. The molecule has 0 fully saturated rings. The van der Waals surface area contributed by atoms with Crippen LogP contribution in [0.5, 0.6) is 0 Å². The fourth-order valence-corrected chi connectivity index (χ4v) is 2.71. The molecule has 19 heavy (non-hydrogen) atoms. The molecule has 0 saturated heterocycles. The number of allylic oxidation sites excluding steroid dienone is 1. The van der Waals surface area contributed by atoms with Crippen molar-refractivity contribution in [3.63, 3.8) is 0 Å². The Morgan fingerprint density at radius 2 is 1.89 bits per heavy atom. The third-order valence-corrected chi connectivity index (χ3v) is 3.91. The average Bonchev–Trinajstić information content (AvgIpc) is 2.47. The van der Waals surface area contributed by atoms with E-state index in [1.54, 1.807) is 0 Å². The molecule has 0 N–H and O–H groups in total. The Balaban J connectivity index is 2.03. The van der Waals surface area contributed by atoms with Crippen molar-refractivity contribution in [2.45, 2.75) is 6.42 Å². The van der Waals surface area contributed by atoms with Gasteiger partial charge in [0, 0.05) is 13.1 Å². The first-order valence-corrected chi connectivity index (χ1v) is 6.81. The van der Waals surface area contributed by atoms with Crippen molar-refractivity contribution in [3.8, 4) is 0 Å². The van der Waals surface area contributed by atoms with Crippen LogP contribution in [0.2, 0.25) is 0 Å². The SMILES string of the molecule is C=C(C1=CCN(C)CC1)c1cccc2ccccc12. The Morgan fingerprint density at radius 3 is 2.68 bits per heavy atom. The molecule has 0 bridgehead atoms. The summed E-state index contributed by atoms with van der Waals surface area (Å²) in [6, 6.07) is 15.0. The van der Waals surface area contributed by atoms with Crippen LogP contribution in [0.3, 0.4) is 0 Å². The van der Waals surface area contributed by atoms with Gasteiger partial charge >= 0.3 is 0 Å². The van der Waals surface area contributed by atoms with Gasteiger partial charge in [-0.2, -0.15) is 0 Å². The molecule has 0 spiro atoms. The molecule has 0 radical (unpaired) electrons. The van der Waals surface area contributed by atoms with E-state index in [9.17, 15) is 0 Å². The molecule has 0 aromatic heterocycles. The predicted octanol–water partition coefficient (Wildman–Crippen LogP) is 4.11. The van der Waals surface area contributed by atoms with Crippen molar-refractivity contribution in [1.29, 1.82) is 0 Å². The van der Waals surface area contributed by atoms with Crippen molar-refractivity contribution in [3.05, 3.63) is 66.3 Å². The van der Waals surface area contributed by atoms with Crippen LogP contribution in [-0.4, -0.2) is 25.0 Å². The molecular formula is C18H19N. The molecule has 0 aliphatic carbocycles. The van der Waals surface area contributed by atoms with Crippen LogP contribution in [0.25, 0.3) is 16.3 Å². The lowest BCUT2D eigenvalue weighted by atomic mass is 9.91. The largest absolute Gasteiger partial charge is 0.302 e. The minimum Gasteiger partial charge on any atom is -0.302 e. The lowest BCUT2D eigenvalue weighted by molar-refractivity contribution is 0.362. The van der Waals surface area contributed by atoms with Gasteiger partial charge in [0.2, 0.25) is 0 Å². The number of rotatable bonds is 2. The number of nitrogens with zero attached hydrogens (tertiary/aromatic N) is 1. The third-order valence-electron chi connectivity index (χ3n) is 3.91. The summed E-state index contributed by atoms with van der Waals surface area (Å²) < 4.78 is 0. The zero-order valence-corrected chi connectivity index (χ0v) is 11.4. The van der Waals surface area contributed by atoms with Gasteiger partial charge in [-0.05, 0) is 41.0 Å². The monoisotopic (exact) mass is 249 g/mol. The maximum Gasteiger partial charge on any atom is 0.0166 e.